The molecule has 3 nitrogen and oxygen atoms in total. The van der Waals surface area contributed by atoms with E-state index in [4.69, 9.17) is 5.73 Å². The lowest BCUT2D eigenvalue weighted by Crippen LogP contribution is -2.09. The molecule has 0 amide bonds. The number of aromatic nitrogens is 2. The topological polar surface area (TPSA) is 51.8 Å². The summed E-state index contributed by atoms with van der Waals surface area (Å²) in [7, 11) is 0. The molecule has 0 radical (unpaired) electrons. The summed E-state index contributed by atoms with van der Waals surface area (Å²) in [4.78, 5) is 9.00. The van der Waals surface area contributed by atoms with Crippen LogP contribution in [0, 0.1) is 0 Å². The van der Waals surface area contributed by atoms with Crippen LogP contribution in [0.5, 0.6) is 0 Å². The monoisotopic (exact) mass is 191 g/mol. The van der Waals surface area contributed by atoms with Crippen molar-refractivity contribution in [2.45, 2.75) is 38.5 Å². The molecule has 0 bridgehead atoms. The Morgan fingerprint density at radius 1 is 1.43 bits per heavy atom. The van der Waals surface area contributed by atoms with Crippen molar-refractivity contribution in [2.75, 3.05) is 6.54 Å². The minimum absolute atomic E-state index is 0.636. The molecule has 1 fully saturated rings. The van der Waals surface area contributed by atoms with Crippen LogP contribution in [0.2, 0.25) is 0 Å². The standard InChI is InChI=1S/C11H17N3/c1-2-9-7-10(8-3-4-8)14-11(13-9)5-6-12/h7-8H,2-6,12H2,1H3. The largest absolute Gasteiger partial charge is 0.330 e. The number of rotatable bonds is 4. The first-order valence-corrected chi connectivity index (χ1v) is 5.40. The normalized spacial score (nSPS) is 15.9. The minimum Gasteiger partial charge on any atom is -0.330 e. The summed E-state index contributed by atoms with van der Waals surface area (Å²) in [5.41, 5.74) is 7.91. The summed E-state index contributed by atoms with van der Waals surface area (Å²) >= 11 is 0. The predicted molar refractivity (Wildman–Crippen MR) is 56.1 cm³/mol. The fourth-order valence-corrected chi connectivity index (χ4v) is 1.59. The van der Waals surface area contributed by atoms with Gasteiger partial charge in [-0.3, -0.25) is 0 Å². The van der Waals surface area contributed by atoms with Gasteiger partial charge in [-0.1, -0.05) is 6.92 Å². The van der Waals surface area contributed by atoms with E-state index in [1.54, 1.807) is 0 Å². The lowest BCUT2D eigenvalue weighted by atomic mass is 10.2. The Kier molecular flexibility index (Phi) is 2.77. The zero-order chi connectivity index (χ0) is 9.97. The van der Waals surface area contributed by atoms with Gasteiger partial charge in [-0.15, -0.1) is 0 Å². The summed E-state index contributed by atoms with van der Waals surface area (Å²) in [5.74, 6) is 1.63. The first-order valence-electron chi connectivity index (χ1n) is 5.40. The smallest absolute Gasteiger partial charge is 0.130 e. The van der Waals surface area contributed by atoms with Crippen LogP contribution in [0.4, 0.5) is 0 Å². The van der Waals surface area contributed by atoms with Crippen molar-refractivity contribution in [1.82, 2.24) is 9.97 Å². The first-order chi connectivity index (χ1) is 6.83. The molecule has 1 saturated carbocycles. The van der Waals surface area contributed by atoms with E-state index in [2.05, 4.69) is 23.0 Å². The zero-order valence-electron chi connectivity index (χ0n) is 8.66. The predicted octanol–water partition coefficient (Wildman–Crippen LogP) is 1.42. The van der Waals surface area contributed by atoms with Crippen LogP contribution in [-0.2, 0) is 12.8 Å². The van der Waals surface area contributed by atoms with Gasteiger partial charge in [0, 0.05) is 23.7 Å². The Morgan fingerprint density at radius 3 is 2.79 bits per heavy atom. The molecule has 1 aliphatic carbocycles. The van der Waals surface area contributed by atoms with Crippen LogP contribution < -0.4 is 5.73 Å². The molecule has 0 unspecified atom stereocenters. The summed E-state index contributed by atoms with van der Waals surface area (Å²) in [6.45, 7) is 2.77. The highest BCUT2D eigenvalue weighted by Gasteiger charge is 2.25. The highest BCUT2D eigenvalue weighted by Crippen LogP contribution is 2.39. The molecular formula is C11H17N3. The molecule has 2 rings (SSSR count). The van der Waals surface area contributed by atoms with Gasteiger partial charge in [-0.25, -0.2) is 9.97 Å². The summed E-state index contributed by atoms with van der Waals surface area (Å²) < 4.78 is 0. The van der Waals surface area contributed by atoms with Gasteiger partial charge in [0.25, 0.3) is 0 Å². The van der Waals surface area contributed by atoms with Crippen molar-refractivity contribution >= 4 is 0 Å². The van der Waals surface area contributed by atoms with Crippen LogP contribution in [0.3, 0.4) is 0 Å². The van der Waals surface area contributed by atoms with Crippen LogP contribution in [0.25, 0.3) is 0 Å². The molecule has 0 atom stereocenters. The van der Waals surface area contributed by atoms with E-state index >= 15 is 0 Å². The molecule has 0 aromatic carbocycles. The Morgan fingerprint density at radius 2 is 2.21 bits per heavy atom. The van der Waals surface area contributed by atoms with Crippen molar-refractivity contribution in [2.24, 2.45) is 5.73 Å². The second-order valence-corrected chi connectivity index (χ2v) is 3.87. The molecule has 0 aliphatic heterocycles. The van der Waals surface area contributed by atoms with Gasteiger partial charge < -0.3 is 5.73 Å². The SMILES string of the molecule is CCc1cc(C2CC2)nc(CCN)n1. The number of nitrogens with two attached hydrogens (primary N) is 1. The van der Waals surface area contributed by atoms with E-state index < -0.39 is 0 Å². The molecular weight excluding hydrogens is 174 g/mol. The van der Waals surface area contributed by atoms with Gasteiger partial charge in [0.1, 0.15) is 5.82 Å². The fraction of sp³-hybridized carbons (Fsp3) is 0.636. The lowest BCUT2D eigenvalue weighted by Gasteiger charge is -2.05. The average Bonchev–Trinajstić information content (AvgIpc) is 3.01. The van der Waals surface area contributed by atoms with Gasteiger partial charge in [0.15, 0.2) is 0 Å². The fourth-order valence-electron chi connectivity index (χ4n) is 1.59. The molecule has 1 aromatic heterocycles. The van der Waals surface area contributed by atoms with Crippen molar-refractivity contribution < 1.29 is 0 Å². The Bertz CT molecular complexity index is 318. The number of hydrogen-bond donors (Lipinski definition) is 1. The van der Waals surface area contributed by atoms with Crippen LogP contribution in [0.15, 0.2) is 6.07 Å². The van der Waals surface area contributed by atoms with Gasteiger partial charge in [0.2, 0.25) is 0 Å². The van der Waals surface area contributed by atoms with Crippen molar-refractivity contribution in [3.8, 4) is 0 Å². The lowest BCUT2D eigenvalue weighted by molar-refractivity contribution is 0.810. The third kappa shape index (κ3) is 2.10. The maximum absolute atomic E-state index is 5.51. The van der Waals surface area contributed by atoms with Crippen molar-refractivity contribution in [3.05, 3.63) is 23.3 Å². The molecule has 0 spiro atoms. The van der Waals surface area contributed by atoms with E-state index in [-0.39, 0.29) is 0 Å². The molecule has 3 heteroatoms. The third-order valence-corrected chi connectivity index (χ3v) is 2.57. The van der Waals surface area contributed by atoms with Crippen molar-refractivity contribution in [1.29, 1.82) is 0 Å². The second kappa shape index (κ2) is 4.05. The summed E-state index contributed by atoms with van der Waals surface area (Å²) in [5, 5.41) is 0. The number of nitrogens with zero attached hydrogens (tertiary/aromatic N) is 2. The third-order valence-electron chi connectivity index (χ3n) is 2.57. The highest BCUT2D eigenvalue weighted by molar-refractivity contribution is 5.19. The van der Waals surface area contributed by atoms with Crippen LogP contribution >= 0.6 is 0 Å². The van der Waals surface area contributed by atoms with E-state index in [0.29, 0.717) is 12.5 Å². The van der Waals surface area contributed by atoms with E-state index in [1.165, 1.54) is 18.5 Å². The van der Waals surface area contributed by atoms with Crippen LogP contribution in [0.1, 0.15) is 42.9 Å². The van der Waals surface area contributed by atoms with Gasteiger partial charge in [-0.05, 0) is 31.9 Å². The second-order valence-electron chi connectivity index (χ2n) is 3.87. The van der Waals surface area contributed by atoms with E-state index in [0.717, 1.165) is 24.4 Å². The van der Waals surface area contributed by atoms with Gasteiger partial charge in [-0.2, -0.15) is 0 Å². The maximum Gasteiger partial charge on any atom is 0.130 e. The van der Waals surface area contributed by atoms with Crippen molar-refractivity contribution in [3.63, 3.8) is 0 Å². The molecule has 1 aliphatic rings. The Hall–Kier alpha value is -0.960. The number of hydrogen-bond acceptors (Lipinski definition) is 3. The molecule has 1 heterocycles. The highest BCUT2D eigenvalue weighted by atomic mass is 14.9. The zero-order valence-corrected chi connectivity index (χ0v) is 8.66. The van der Waals surface area contributed by atoms with E-state index in [9.17, 15) is 0 Å². The quantitative estimate of drug-likeness (QED) is 0.783. The average molecular weight is 191 g/mol. The summed E-state index contributed by atoms with van der Waals surface area (Å²) in [6, 6.07) is 2.15. The molecule has 0 saturated heterocycles. The minimum atomic E-state index is 0.636. The van der Waals surface area contributed by atoms with Gasteiger partial charge >= 0.3 is 0 Å². The summed E-state index contributed by atoms with van der Waals surface area (Å²) in [6.07, 6.45) is 4.37. The molecule has 2 N–H and O–H groups in total. The molecule has 76 valence electrons. The Balaban J connectivity index is 2.26. The number of aryl methyl sites for hydroxylation is 1. The van der Waals surface area contributed by atoms with Crippen LogP contribution in [-0.4, -0.2) is 16.5 Å². The van der Waals surface area contributed by atoms with Gasteiger partial charge in [0.05, 0.1) is 0 Å². The van der Waals surface area contributed by atoms with E-state index in [1.807, 2.05) is 0 Å². The first kappa shape index (κ1) is 9.59. The maximum atomic E-state index is 5.51. The Labute approximate surface area is 84.8 Å². The molecule has 1 aromatic rings. The molecule has 14 heavy (non-hydrogen) atoms.